The van der Waals surface area contributed by atoms with E-state index < -0.39 is 34.8 Å². The molecule has 530 valence electrons. The Hall–Kier alpha value is -9.12. The summed E-state index contributed by atoms with van der Waals surface area (Å²) in [7, 11) is 9.41. The van der Waals surface area contributed by atoms with Gasteiger partial charge in [-0.15, -0.1) is 0 Å². The summed E-state index contributed by atoms with van der Waals surface area (Å²) in [6.07, 6.45) is 13.0. The van der Waals surface area contributed by atoms with Gasteiger partial charge in [0.05, 0.1) is 40.4 Å². The largest absolute Gasteiger partial charge is 0.376 e. The van der Waals surface area contributed by atoms with E-state index >= 15 is 8.78 Å². The summed E-state index contributed by atoms with van der Waals surface area (Å²) in [5.74, 6) is -0.601. The quantitative estimate of drug-likeness (QED) is 0.0350. The molecule has 29 nitrogen and oxygen atoms in total. The van der Waals surface area contributed by atoms with E-state index in [1.54, 1.807) is 6.07 Å². The highest BCUT2D eigenvalue weighted by Crippen LogP contribution is 2.47. The summed E-state index contributed by atoms with van der Waals surface area (Å²) in [4.78, 5) is 85.1. The molecular formula is C67H92ClF2N25O4. The van der Waals surface area contributed by atoms with E-state index in [2.05, 4.69) is 201 Å². The third-order valence-electron chi connectivity index (χ3n) is 20.6. The number of likely N-dealkylation sites (tertiary alicyclic amines) is 3. The second kappa shape index (κ2) is 27.2. The number of benzene rings is 2. The molecule has 0 spiro atoms. The highest BCUT2D eigenvalue weighted by atomic mass is 35.5. The van der Waals surface area contributed by atoms with Crippen LogP contribution in [0.25, 0.3) is 16.2 Å². The summed E-state index contributed by atoms with van der Waals surface area (Å²) in [5, 5.41) is 31.6. The smallest absolute Gasteiger partial charge is 0.368 e. The number of nitrogens with zero attached hydrogens (tertiary/aromatic N) is 18. The first-order valence-electron chi connectivity index (χ1n) is 33.1. The van der Waals surface area contributed by atoms with Crippen molar-refractivity contribution in [1.82, 2.24) is 84.2 Å². The zero-order valence-electron chi connectivity index (χ0n) is 59.5. The highest BCUT2D eigenvalue weighted by Gasteiger charge is 2.46. The number of halogens is 3. The maximum absolute atomic E-state index is 15.3. The lowest BCUT2D eigenvalue weighted by Crippen LogP contribution is -2.61. The third-order valence-corrected chi connectivity index (χ3v) is 20.8. The van der Waals surface area contributed by atoms with E-state index in [1.165, 1.54) is 55.6 Å². The van der Waals surface area contributed by atoms with Crippen LogP contribution in [0.5, 0.6) is 0 Å². The van der Waals surface area contributed by atoms with Crippen LogP contribution >= 0.6 is 11.6 Å². The fraction of sp³-hybridized carbons (Fsp3) is 0.567. The molecule has 5 aliphatic rings. The second-order valence-corrected chi connectivity index (χ2v) is 30.9. The lowest BCUT2D eigenvalue weighted by molar-refractivity contribution is -0.00803. The van der Waals surface area contributed by atoms with Gasteiger partial charge in [0.2, 0.25) is 22.9 Å². The summed E-state index contributed by atoms with van der Waals surface area (Å²) in [6.45, 7) is 34.0. The Kier molecular flexibility index (Phi) is 19.9. The van der Waals surface area contributed by atoms with Crippen LogP contribution < -0.4 is 49.4 Å². The Bertz CT molecular complexity index is 4340. The van der Waals surface area contributed by atoms with Crippen molar-refractivity contribution in [2.75, 3.05) is 47.7 Å². The minimum atomic E-state index is -0.667. The van der Waals surface area contributed by atoms with E-state index in [9.17, 15) is 19.2 Å². The monoisotopic (exact) mass is 1380 g/mol. The molecular weight excluding hydrogens is 1290 g/mol. The number of nitrogens with one attached hydrogen (secondary N) is 5. The molecule has 3 saturated heterocycles. The van der Waals surface area contributed by atoms with Gasteiger partial charge in [-0.25, -0.2) is 43.2 Å². The zero-order chi connectivity index (χ0) is 72.4. The number of hydrogen-bond donors (Lipinski definition) is 7. The van der Waals surface area contributed by atoms with Gasteiger partial charge in [0.1, 0.15) is 29.1 Å². The Balaban J connectivity index is 0.000000167. The third kappa shape index (κ3) is 15.8. The topological polar surface area (TPSA) is 343 Å². The molecule has 0 bridgehead atoms. The number of aromatic nitrogens is 14. The molecule has 9 N–H and O–H groups in total. The van der Waals surface area contributed by atoms with Crippen molar-refractivity contribution in [3.8, 4) is 11.4 Å². The first-order valence-corrected chi connectivity index (χ1v) is 33.5. The molecule has 8 heterocycles. The van der Waals surface area contributed by atoms with Crippen molar-refractivity contribution in [2.24, 2.45) is 25.6 Å². The number of nitrogens with two attached hydrogens (primary N) is 2. The average Bonchev–Trinajstić information content (AvgIpc) is 1.04. The predicted octanol–water partition coefficient (Wildman–Crippen LogP) is 9.10. The Morgan fingerprint density at radius 2 is 0.848 bits per heavy atom. The van der Waals surface area contributed by atoms with Crippen LogP contribution in [0, 0.1) is 18.2 Å². The number of anilines is 7. The van der Waals surface area contributed by atoms with E-state index in [4.69, 9.17) is 29.6 Å². The molecule has 99 heavy (non-hydrogen) atoms. The van der Waals surface area contributed by atoms with Gasteiger partial charge in [0.25, 0.3) is 11.8 Å². The van der Waals surface area contributed by atoms with Gasteiger partial charge in [0.15, 0.2) is 0 Å². The average molecular weight is 1390 g/mol. The van der Waals surface area contributed by atoms with Crippen molar-refractivity contribution in [3.63, 3.8) is 0 Å². The molecule has 5 aromatic heterocycles. The Morgan fingerprint density at radius 1 is 0.515 bits per heavy atom. The minimum absolute atomic E-state index is 0.0109. The maximum Gasteiger partial charge on any atom is 0.368 e. The second-order valence-electron chi connectivity index (χ2n) is 30.6. The fourth-order valence-electron chi connectivity index (χ4n) is 14.3. The van der Waals surface area contributed by atoms with Crippen molar-refractivity contribution in [2.45, 2.75) is 210 Å². The summed E-state index contributed by atoms with van der Waals surface area (Å²) < 4.78 is 35.1. The summed E-state index contributed by atoms with van der Waals surface area (Å²) >= 11 is 5.85. The van der Waals surface area contributed by atoms with Crippen LogP contribution in [-0.2, 0) is 14.1 Å². The number of amides is 2. The number of carbonyl (C=O) groups is 2. The van der Waals surface area contributed by atoms with Gasteiger partial charge in [-0.2, -0.15) is 28.7 Å². The molecule has 2 amide bonds. The summed E-state index contributed by atoms with van der Waals surface area (Å²) in [6, 6.07) is 6.17. The molecule has 0 unspecified atom stereocenters. The van der Waals surface area contributed by atoms with Gasteiger partial charge >= 0.3 is 11.4 Å². The molecule has 0 atom stereocenters. The van der Waals surface area contributed by atoms with Crippen LogP contribution in [0.3, 0.4) is 0 Å². The fourth-order valence-corrected chi connectivity index (χ4v) is 14.5. The number of carbonyl (C=O) groups excluding carboxylic acids is 2. The maximum atomic E-state index is 15.3. The number of rotatable bonds is 16. The SMILES string of the molecule is CN1C(C)(C)CC(Nc2nc(Cl)ncc2C(N)=O)CC1(C)C.CN1C(C)(C)CC(Nc2nc(Nc3cc(-n4nnn(C)c4=O)c(C4CC4)cc3F)ncc2C(N)=O)CC1(C)C.[C-]#[N+]c1cnc(Nc2cc(-n3nnn(C)c3=O)c(C3CC3)cc2F)nc1NC1CC(C)(C)N(C)C(C)(C)C1. The standard InChI is InChI=1S/C26H35FN10O2.C26H33FN10O.C15H24ClN5O/c1-25(2)11-15(12-26(3,4)36(25)6)30-22-17(21(28)38)13-29-23(32-22)31-19-10-20(37-24(39)35(5)33-34-37)16(9-18(19)27)14-7-8-14;1-25(2)12-16(13-26(3,4)36(25)7)30-22-20(28-5)14-29-23(32-22)31-19-11-21(37-24(38)35(6)33-34-37)17(10-18(19)27)15-8-9-15;1-14(2)6-9(7-15(3,4)21(14)5)19-12-10(11(17)22)8-18-13(16)20-12/h9-10,13-15H,7-8,11-12H2,1-6H3,(H2,28,38)(H2,29,30,31,32);10-11,14-16H,8-9,12-13H2,1-4,6-7H3,(H2,29,30,31,32);8-9H,6-7H2,1-5H3,(H2,17,22)(H,18,19,20). The van der Waals surface area contributed by atoms with Crippen molar-refractivity contribution in [1.29, 1.82) is 0 Å². The summed E-state index contributed by atoms with van der Waals surface area (Å²) in [5.41, 5.74) is 13.1. The van der Waals surface area contributed by atoms with Crippen molar-refractivity contribution < 1.29 is 18.4 Å². The van der Waals surface area contributed by atoms with E-state index in [0.29, 0.717) is 34.3 Å². The van der Waals surface area contributed by atoms with E-state index in [1.807, 2.05) is 0 Å². The normalized spacial score (nSPS) is 19.7. The van der Waals surface area contributed by atoms with Gasteiger partial charge in [-0.05, 0) is 248 Å². The van der Waals surface area contributed by atoms with Crippen molar-refractivity contribution >= 4 is 69.8 Å². The number of primary amides is 2. The highest BCUT2D eigenvalue weighted by molar-refractivity contribution is 6.28. The van der Waals surface area contributed by atoms with E-state index in [-0.39, 0.29) is 109 Å². The van der Waals surface area contributed by atoms with E-state index in [0.717, 1.165) is 83.8 Å². The lowest BCUT2D eigenvalue weighted by atomic mass is 9.77. The molecule has 0 radical (unpaired) electrons. The first kappa shape index (κ1) is 72.6. The number of tetrazole rings is 2. The van der Waals surface area contributed by atoms with Crippen LogP contribution in [0.2, 0.25) is 5.28 Å². The number of piperidine rings is 3. The van der Waals surface area contributed by atoms with Gasteiger partial charge in [-0.1, -0.05) is 0 Å². The van der Waals surface area contributed by atoms with Gasteiger partial charge in [-0.3, -0.25) is 24.3 Å². The predicted molar refractivity (Wildman–Crippen MR) is 376 cm³/mol. The number of aryl methyl sites for hydroxylation is 2. The van der Waals surface area contributed by atoms with Crippen LogP contribution in [0.15, 0.2) is 52.4 Å². The minimum Gasteiger partial charge on any atom is -0.376 e. The van der Waals surface area contributed by atoms with Crippen LogP contribution in [0.4, 0.5) is 55.2 Å². The molecule has 2 aromatic carbocycles. The Morgan fingerprint density at radius 3 is 1.18 bits per heavy atom. The molecule has 5 fully saturated rings. The van der Waals surface area contributed by atoms with Crippen LogP contribution in [-0.4, -0.2) is 169 Å². The zero-order valence-corrected chi connectivity index (χ0v) is 60.2. The molecule has 2 saturated carbocycles. The van der Waals surface area contributed by atoms with Gasteiger partial charge in [0, 0.05) is 84.0 Å². The van der Waals surface area contributed by atoms with Crippen molar-refractivity contribution in [3.05, 3.63) is 114 Å². The first-order chi connectivity index (χ1) is 46.2. The molecule has 12 rings (SSSR count). The number of hydrogen-bond acceptors (Lipinski definition) is 22. The molecule has 32 heteroatoms. The van der Waals surface area contributed by atoms with Crippen LogP contribution in [0.1, 0.15) is 191 Å². The lowest BCUT2D eigenvalue weighted by Gasteiger charge is -2.53. The Labute approximate surface area is 579 Å². The van der Waals surface area contributed by atoms with Gasteiger partial charge < -0.3 is 38.1 Å². The molecule has 3 aliphatic heterocycles. The molecule has 7 aromatic rings. The molecule has 2 aliphatic carbocycles.